The average molecular weight is 401 g/mol. The highest BCUT2D eigenvalue weighted by molar-refractivity contribution is 7.22. The molecule has 4 rings (SSSR count). The Morgan fingerprint density at radius 1 is 1.29 bits per heavy atom. The van der Waals surface area contributed by atoms with Crippen LogP contribution < -0.4 is 9.64 Å². The zero-order valence-corrected chi connectivity index (χ0v) is 16.6. The molecule has 1 fully saturated rings. The molecule has 0 aliphatic carbocycles. The number of aromatic nitrogens is 1. The second-order valence-electron chi connectivity index (χ2n) is 6.42. The number of amides is 1. The standard InChI is InChI=1S/C20H23N3O4S/c1-2-26-15-5-3-7-17-18(15)21-20(28-17)23(19(24)16-6-4-12-27-16)9-8-22-10-13-25-14-11-22/h3-7,12H,2,8-11,13-14H2,1H3. The Labute approximate surface area is 167 Å². The molecular formula is C20H23N3O4S. The maximum absolute atomic E-state index is 13.1. The fraction of sp³-hybridized carbons (Fsp3) is 0.400. The molecule has 0 radical (unpaired) electrons. The molecular weight excluding hydrogens is 378 g/mol. The molecule has 0 saturated carbocycles. The van der Waals surface area contributed by atoms with Gasteiger partial charge in [-0.15, -0.1) is 0 Å². The molecule has 0 spiro atoms. The van der Waals surface area contributed by atoms with Gasteiger partial charge in [0.1, 0.15) is 11.3 Å². The van der Waals surface area contributed by atoms with E-state index in [0.29, 0.717) is 24.0 Å². The topological polar surface area (TPSA) is 68.0 Å². The molecule has 2 aromatic heterocycles. The van der Waals surface area contributed by atoms with Gasteiger partial charge in [-0.2, -0.15) is 0 Å². The summed E-state index contributed by atoms with van der Waals surface area (Å²) in [6.45, 7) is 7.00. The lowest BCUT2D eigenvalue weighted by atomic mass is 10.3. The Morgan fingerprint density at radius 2 is 2.14 bits per heavy atom. The Balaban J connectivity index is 1.63. The summed E-state index contributed by atoms with van der Waals surface area (Å²) in [5.41, 5.74) is 0.785. The van der Waals surface area contributed by atoms with Crippen molar-refractivity contribution in [2.24, 2.45) is 0 Å². The zero-order chi connectivity index (χ0) is 19.3. The van der Waals surface area contributed by atoms with E-state index >= 15 is 0 Å². The van der Waals surface area contributed by atoms with Crippen LogP contribution in [0, 0.1) is 0 Å². The summed E-state index contributed by atoms with van der Waals surface area (Å²) in [5.74, 6) is 0.864. The Hall–Kier alpha value is -2.42. The number of morpholine rings is 1. The van der Waals surface area contributed by atoms with Crippen molar-refractivity contribution >= 4 is 32.6 Å². The summed E-state index contributed by atoms with van der Waals surface area (Å²) in [4.78, 5) is 21.8. The van der Waals surface area contributed by atoms with Crippen LogP contribution in [-0.2, 0) is 4.74 Å². The van der Waals surface area contributed by atoms with Crippen molar-refractivity contribution < 1.29 is 18.7 Å². The molecule has 0 N–H and O–H groups in total. The maximum atomic E-state index is 13.1. The minimum absolute atomic E-state index is 0.185. The van der Waals surface area contributed by atoms with Gasteiger partial charge in [-0.3, -0.25) is 14.6 Å². The van der Waals surface area contributed by atoms with E-state index in [4.69, 9.17) is 18.9 Å². The van der Waals surface area contributed by atoms with Gasteiger partial charge in [0, 0.05) is 26.2 Å². The summed E-state index contributed by atoms with van der Waals surface area (Å²) < 4.78 is 17.5. The number of ether oxygens (including phenoxy) is 2. The average Bonchev–Trinajstić information content (AvgIpc) is 3.39. The van der Waals surface area contributed by atoms with Crippen molar-refractivity contribution in [3.05, 3.63) is 42.4 Å². The maximum Gasteiger partial charge on any atom is 0.295 e. The highest BCUT2D eigenvalue weighted by Gasteiger charge is 2.25. The number of para-hydroxylation sites is 1. The molecule has 3 aromatic rings. The largest absolute Gasteiger partial charge is 0.492 e. The Bertz CT molecular complexity index is 919. The lowest BCUT2D eigenvalue weighted by Crippen LogP contribution is -2.43. The van der Waals surface area contributed by atoms with Gasteiger partial charge < -0.3 is 13.9 Å². The lowest BCUT2D eigenvalue weighted by Gasteiger charge is -2.28. The van der Waals surface area contributed by atoms with Crippen LogP contribution in [0.25, 0.3) is 10.2 Å². The first kappa shape index (κ1) is 18.9. The molecule has 3 heterocycles. The van der Waals surface area contributed by atoms with Gasteiger partial charge in [0.05, 0.1) is 30.8 Å². The van der Waals surface area contributed by atoms with E-state index in [1.165, 1.54) is 17.6 Å². The van der Waals surface area contributed by atoms with Crippen LogP contribution in [0.5, 0.6) is 5.75 Å². The third-order valence-corrected chi connectivity index (χ3v) is 5.67. The van der Waals surface area contributed by atoms with E-state index in [1.807, 2.05) is 25.1 Å². The molecule has 0 atom stereocenters. The fourth-order valence-electron chi connectivity index (χ4n) is 3.18. The number of benzene rings is 1. The minimum atomic E-state index is -0.185. The van der Waals surface area contributed by atoms with Crippen molar-refractivity contribution in [1.29, 1.82) is 0 Å². The van der Waals surface area contributed by atoms with Gasteiger partial charge in [-0.1, -0.05) is 17.4 Å². The monoisotopic (exact) mass is 401 g/mol. The van der Waals surface area contributed by atoms with Crippen molar-refractivity contribution in [3.63, 3.8) is 0 Å². The lowest BCUT2D eigenvalue weighted by molar-refractivity contribution is 0.0390. The van der Waals surface area contributed by atoms with Gasteiger partial charge >= 0.3 is 0 Å². The first-order valence-corrected chi connectivity index (χ1v) is 10.3. The SMILES string of the molecule is CCOc1cccc2sc(N(CCN3CCOCC3)C(=O)c3ccco3)nc12. The first-order chi connectivity index (χ1) is 13.8. The van der Waals surface area contributed by atoms with E-state index in [1.54, 1.807) is 17.0 Å². The second-order valence-corrected chi connectivity index (χ2v) is 7.43. The summed E-state index contributed by atoms with van der Waals surface area (Å²) in [5, 5.41) is 0.650. The predicted molar refractivity (Wildman–Crippen MR) is 108 cm³/mol. The number of fused-ring (bicyclic) bond motifs is 1. The van der Waals surface area contributed by atoms with E-state index in [-0.39, 0.29) is 5.91 Å². The van der Waals surface area contributed by atoms with Crippen LogP contribution >= 0.6 is 11.3 Å². The molecule has 0 bridgehead atoms. The number of anilines is 1. The van der Waals surface area contributed by atoms with Crippen LogP contribution in [0.1, 0.15) is 17.5 Å². The highest BCUT2D eigenvalue weighted by Crippen LogP contribution is 2.34. The Morgan fingerprint density at radius 3 is 2.89 bits per heavy atom. The van der Waals surface area contributed by atoms with Crippen LogP contribution in [0.15, 0.2) is 41.0 Å². The molecule has 1 saturated heterocycles. The number of carbonyl (C=O) groups excluding carboxylic acids is 1. The number of rotatable bonds is 7. The quantitative estimate of drug-likeness (QED) is 0.605. The molecule has 1 amide bonds. The fourth-order valence-corrected chi connectivity index (χ4v) is 4.19. The van der Waals surface area contributed by atoms with E-state index in [0.717, 1.165) is 48.8 Å². The van der Waals surface area contributed by atoms with Gasteiger partial charge in [0.15, 0.2) is 10.9 Å². The smallest absolute Gasteiger partial charge is 0.295 e. The molecule has 1 aromatic carbocycles. The third-order valence-electron chi connectivity index (χ3n) is 4.62. The second kappa shape index (κ2) is 8.72. The number of hydrogen-bond acceptors (Lipinski definition) is 7. The summed E-state index contributed by atoms with van der Waals surface area (Å²) in [6, 6.07) is 9.25. The molecule has 1 aliphatic heterocycles. The van der Waals surface area contributed by atoms with E-state index < -0.39 is 0 Å². The van der Waals surface area contributed by atoms with Gasteiger partial charge in [0.25, 0.3) is 5.91 Å². The summed E-state index contributed by atoms with van der Waals surface area (Å²) in [7, 11) is 0. The third kappa shape index (κ3) is 4.04. The van der Waals surface area contributed by atoms with Gasteiger partial charge in [0.2, 0.25) is 0 Å². The minimum Gasteiger partial charge on any atom is -0.492 e. The van der Waals surface area contributed by atoms with Crippen LogP contribution in [-0.4, -0.2) is 61.8 Å². The molecule has 28 heavy (non-hydrogen) atoms. The zero-order valence-electron chi connectivity index (χ0n) is 15.8. The van der Waals surface area contributed by atoms with Crippen LogP contribution in [0.4, 0.5) is 5.13 Å². The molecule has 8 heteroatoms. The van der Waals surface area contributed by atoms with Crippen LogP contribution in [0.3, 0.4) is 0 Å². The number of hydrogen-bond donors (Lipinski definition) is 0. The van der Waals surface area contributed by atoms with Gasteiger partial charge in [-0.25, -0.2) is 4.98 Å². The normalized spacial score (nSPS) is 15.0. The number of furan rings is 1. The molecule has 148 valence electrons. The molecule has 0 unspecified atom stereocenters. The highest BCUT2D eigenvalue weighted by atomic mass is 32.1. The van der Waals surface area contributed by atoms with Crippen molar-refractivity contribution in [2.45, 2.75) is 6.92 Å². The number of thiazole rings is 1. The van der Waals surface area contributed by atoms with Crippen molar-refractivity contribution in [2.75, 3.05) is 50.9 Å². The molecule has 7 nitrogen and oxygen atoms in total. The van der Waals surface area contributed by atoms with Crippen LogP contribution in [0.2, 0.25) is 0 Å². The van der Waals surface area contributed by atoms with Gasteiger partial charge in [-0.05, 0) is 31.2 Å². The van der Waals surface area contributed by atoms with E-state index in [9.17, 15) is 4.79 Å². The first-order valence-electron chi connectivity index (χ1n) is 9.44. The predicted octanol–water partition coefficient (Wildman–Crippen LogP) is 3.27. The van der Waals surface area contributed by atoms with Crippen molar-refractivity contribution in [3.8, 4) is 5.75 Å². The number of carbonyl (C=O) groups is 1. The summed E-state index contributed by atoms with van der Waals surface area (Å²) in [6.07, 6.45) is 1.51. The van der Waals surface area contributed by atoms with E-state index in [2.05, 4.69) is 4.90 Å². The summed E-state index contributed by atoms with van der Waals surface area (Å²) >= 11 is 1.49. The number of nitrogens with zero attached hydrogens (tertiary/aromatic N) is 3. The Kier molecular flexibility index (Phi) is 5.90. The molecule has 1 aliphatic rings. The van der Waals surface area contributed by atoms with Crippen molar-refractivity contribution in [1.82, 2.24) is 9.88 Å².